The number of nitrogens with one attached hydrogen (secondary N) is 1. The Kier molecular flexibility index (Phi) is 4.53. The average molecular weight is 260 g/mol. The lowest BCUT2D eigenvalue weighted by atomic mass is 10.2. The molecule has 7 nitrogen and oxygen atoms in total. The summed E-state index contributed by atoms with van der Waals surface area (Å²) >= 11 is 0. The second-order valence-corrected chi connectivity index (χ2v) is 5.23. The Morgan fingerprint density at radius 3 is 2.44 bits per heavy atom. The number of carbonyl (C=O) groups excluding carboxylic acids is 2. The van der Waals surface area contributed by atoms with Gasteiger partial charge in [0.25, 0.3) is 0 Å². The first-order valence-electron chi connectivity index (χ1n) is 5.80. The first-order chi connectivity index (χ1) is 8.28. The third-order valence-electron chi connectivity index (χ3n) is 2.59. The van der Waals surface area contributed by atoms with E-state index >= 15 is 0 Å². The molecule has 1 heterocycles. The van der Waals surface area contributed by atoms with Crippen molar-refractivity contribution in [1.29, 1.82) is 0 Å². The zero-order valence-corrected chi connectivity index (χ0v) is 11.1. The van der Waals surface area contributed by atoms with Crippen molar-refractivity contribution in [2.75, 3.05) is 13.6 Å². The summed E-state index contributed by atoms with van der Waals surface area (Å²) in [5, 5.41) is 11.1. The minimum atomic E-state index is -0.679. The molecular formula is C11H20N2O5. The molecule has 0 aromatic carbocycles. The van der Waals surface area contributed by atoms with Crippen LogP contribution in [0.1, 0.15) is 27.2 Å². The number of carbonyl (C=O) groups is 2. The van der Waals surface area contributed by atoms with Crippen LogP contribution in [0.5, 0.6) is 0 Å². The SMILES string of the molecule is CNC(=O)[C@@H]1C[C@@H](OO)CN1C(=O)OC(C)(C)C. The van der Waals surface area contributed by atoms with Gasteiger partial charge in [-0.05, 0) is 20.8 Å². The van der Waals surface area contributed by atoms with E-state index in [0.29, 0.717) is 0 Å². The molecule has 0 aromatic heterocycles. The van der Waals surface area contributed by atoms with Crippen molar-refractivity contribution in [3.63, 3.8) is 0 Å². The molecule has 1 fully saturated rings. The number of rotatable bonds is 2. The summed E-state index contributed by atoms with van der Waals surface area (Å²) in [6.45, 7) is 5.37. The Hall–Kier alpha value is -1.34. The van der Waals surface area contributed by atoms with Crippen LogP contribution in [-0.2, 0) is 14.4 Å². The second-order valence-electron chi connectivity index (χ2n) is 5.23. The van der Waals surface area contributed by atoms with Crippen LogP contribution in [-0.4, -0.2) is 53.5 Å². The van der Waals surface area contributed by atoms with Crippen LogP contribution in [0.4, 0.5) is 4.79 Å². The van der Waals surface area contributed by atoms with E-state index in [1.54, 1.807) is 20.8 Å². The fraction of sp³-hybridized carbons (Fsp3) is 0.818. The molecule has 7 heteroatoms. The zero-order valence-electron chi connectivity index (χ0n) is 11.1. The molecule has 18 heavy (non-hydrogen) atoms. The molecule has 2 N–H and O–H groups in total. The van der Waals surface area contributed by atoms with Gasteiger partial charge >= 0.3 is 6.09 Å². The van der Waals surface area contributed by atoms with Crippen molar-refractivity contribution < 1.29 is 24.5 Å². The van der Waals surface area contributed by atoms with Crippen LogP contribution in [0.15, 0.2) is 0 Å². The lowest BCUT2D eigenvalue weighted by molar-refractivity contribution is -0.274. The molecule has 1 aliphatic rings. The highest BCUT2D eigenvalue weighted by Gasteiger charge is 2.41. The van der Waals surface area contributed by atoms with Gasteiger partial charge in [0.15, 0.2) is 0 Å². The predicted octanol–water partition coefficient (Wildman–Crippen LogP) is 0.600. The number of likely N-dealkylation sites (tertiary alicyclic amines) is 1. The van der Waals surface area contributed by atoms with Crippen molar-refractivity contribution in [3.8, 4) is 0 Å². The Bertz CT molecular complexity index is 326. The van der Waals surface area contributed by atoms with Gasteiger partial charge in [0.05, 0.1) is 6.54 Å². The molecule has 1 rings (SSSR count). The van der Waals surface area contributed by atoms with Gasteiger partial charge in [-0.1, -0.05) is 0 Å². The van der Waals surface area contributed by atoms with Crippen molar-refractivity contribution in [2.24, 2.45) is 0 Å². The lowest BCUT2D eigenvalue weighted by Crippen LogP contribution is -2.46. The summed E-state index contributed by atoms with van der Waals surface area (Å²) in [5.41, 5.74) is -0.636. The molecule has 1 saturated heterocycles. The van der Waals surface area contributed by atoms with Crippen LogP contribution < -0.4 is 5.32 Å². The topological polar surface area (TPSA) is 88.1 Å². The van der Waals surface area contributed by atoms with Gasteiger partial charge in [0, 0.05) is 13.5 Å². The molecular weight excluding hydrogens is 240 g/mol. The van der Waals surface area contributed by atoms with Gasteiger partial charge < -0.3 is 10.1 Å². The van der Waals surface area contributed by atoms with Crippen molar-refractivity contribution in [1.82, 2.24) is 10.2 Å². The monoisotopic (exact) mass is 260 g/mol. The summed E-state index contributed by atoms with van der Waals surface area (Å²) in [5.74, 6) is -0.305. The quantitative estimate of drug-likeness (QED) is 0.560. The molecule has 0 bridgehead atoms. The average Bonchev–Trinajstić information content (AvgIpc) is 2.69. The number of amides is 2. The van der Waals surface area contributed by atoms with Crippen molar-refractivity contribution in [3.05, 3.63) is 0 Å². The normalized spacial score (nSPS) is 23.9. The maximum atomic E-state index is 11.9. The van der Waals surface area contributed by atoms with E-state index in [1.807, 2.05) is 0 Å². The van der Waals surface area contributed by atoms with Gasteiger partial charge in [0.1, 0.15) is 17.7 Å². The van der Waals surface area contributed by atoms with Crippen LogP contribution in [0, 0.1) is 0 Å². The summed E-state index contributed by atoms with van der Waals surface area (Å²) in [4.78, 5) is 29.1. The molecule has 0 aliphatic carbocycles. The zero-order chi connectivity index (χ0) is 13.9. The minimum absolute atomic E-state index is 0.128. The molecule has 0 spiro atoms. The summed E-state index contributed by atoms with van der Waals surface area (Å²) < 4.78 is 5.21. The van der Waals surface area contributed by atoms with Crippen molar-refractivity contribution in [2.45, 2.75) is 44.9 Å². The van der Waals surface area contributed by atoms with Gasteiger partial charge in [-0.15, -0.1) is 0 Å². The highest BCUT2D eigenvalue weighted by Crippen LogP contribution is 2.22. The Morgan fingerprint density at radius 2 is 2.00 bits per heavy atom. The maximum absolute atomic E-state index is 11.9. The largest absolute Gasteiger partial charge is 0.444 e. The molecule has 2 amide bonds. The number of likely N-dealkylation sites (N-methyl/N-ethyl adjacent to an activating group) is 1. The summed E-state index contributed by atoms with van der Waals surface area (Å²) in [6.07, 6.45) is -0.912. The van der Waals surface area contributed by atoms with E-state index in [4.69, 9.17) is 9.99 Å². The standard InChI is InChI=1S/C11H20N2O5/c1-11(2,3)17-10(15)13-6-7(18-16)5-8(13)9(14)12-4/h7-8,16H,5-6H2,1-4H3,(H,12,14)/t7-,8+/m1/s1. The number of ether oxygens (including phenoxy) is 1. The maximum Gasteiger partial charge on any atom is 0.411 e. The third-order valence-corrected chi connectivity index (χ3v) is 2.59. The van der Waals surface area contributed by atoms with Gasteiger partial charge in [-0.3, -0.25) is 15.0 Å². The predicted molar refractivity (Wildman–Crippen MR) is 62.9 cm³/mol. The van der Waals surface area contributed by atoms with E-state index in [1.165, 1.54) is 11.9 Å². The molecule has 1 aliphatic heterocycles. The molecule has 0 radical (unpaired) electrons. The smallest absolute Gasteiger partial charge is 0.411 e. The van der Waals surface area contributed by atoms with E-state index in [-0.39, 0.29) is 18.9 Å². The van der Waals surface area contributed by atoms with Gasteiger partial charge in [-0.2, -0.15) is 0 Å². The number of nitrogens with zero attached hydrogens (tertiary/aromatic N) is 1. The number of hydrogen-bond acceptors (Lipinski definition) is 5. The molecule has 2 atom stereocenters. The van der Waals surface area contributed by atoms with E-state index in [0.717, 1.165) is 0 Å². The fourth-order valence-electron chi connectivity index (χ4n) is 1.81. The molecule has 0 aromatic rings. The highest BCUT2D eigenvalue weighted by atomic mass is 17.1. The van der Waals surface area contributed by atoms with Gasteiger partial charge in [0.2, 0.25) is 5.91 Å². The van der Waals surface area contributed by atoms with Crippen LogP contribution in [0.3, 0.4) is 0 Å². The molecule has 0 unspecified atom stereocenters. The first-order valence-corrected chi connectivity index (χ1v) is 5.80. The Balaban J connectivity index is 2.77. The first kappa shape index (κ1) is 14.7. The highest BCUT2D eigenvalue weighted by molar-refractivity contribution is 5.86. The van der Waals surface area contributed by atoms with Crippen LogP contribution >= 0.6 is 0 Å². The molecule has 104 valence electrons. The minimum Gasteiger partial charge on any atom is -0.444 e. The Morgan fingerprint density at radius 1 is 1.39 bits per heavy atom. The lowest BCUT2D eigenvalue weighted by Gasteiger charge is -2.27. The van der Waals surface area contributed by atoms with Crippen LogP contribution in [0.2, 0.25) is 0 Å². The van der Waals surface area contributed by atoms with E-state index < -0.39 is 23.8 Å². The summed E-state index contributed by atoms with van der Waals surface area (Å²) in [7, 11) is 1.49. The van der Waals surface area contributed by atoms with E-state index in [2.05, 4.69) is 10.2 Å². The fourth-order valence-corrected chi connectivity index (χ4v) is 1.81. The third kappa shape index (κ3) is 3.58. The van der Waals surface area contributed by atoms with Crippen molar-refractivity contribution >= 4 is 12.0 Å². The summed E-state index contributed by atoms with van der Waals surface area (Å²) in [6, 6.07) is -0.679. The molecule has 0 saturated carbocycles. The van der Waals surface area contributed by atoms with Crippen LogP contribution in [0.25, 0.3) is 0 Å². The number of hydrogen-bond donors (Lipinski definition) is 2. The van der Waals surface area contributed by atoms with E-state index in [9.17, 15) is 9.59 Å². The second kappa shape index (κ2) is 5.53. The van der Waals surface area contributed by atoms with Gasteiger partial charge in [-0.25, -0.2) is 9.68 Å². The Labute approximate surface area is 106 Å².